The maximum atomic E-state index is 13.4. The Morgan fingerprint density at radius 2 is 1.55 bits per heavy atom. The van der Waals surface area contributed by atoms with Crippen molar-refractivity contribution >= 4 is 23.6 Å². The summed E-state index contributed by atoms with van der Waals surface area (Å²) in [5, 5.41) is 33.5. The zero-order chi connectivity index (χ0) is 28.8. The molecule has 8 heteroatoms. The van der Waals surface area contributed by atoms with E-state index in [0.717, 1.165) is 5.56 Å². The molecule has 0 bridgehead atoms. The summed E-state index contributed by atoms with van der Waals surface area (Å²) in [5.74, 6) is -5.66. The van der Waals surface area contributed by atoms with Crippen LogP contribution in [-0.4, -0.2) is 69.0 Å². The number of hydrogen-bond donors (Lipinski definition) is 3. The quantitative estimate of drug-likeness (QED) is 0.389. The van der Waals surface area contributed by atoms with Gasteiger partial charge in [0.25, 0.3) is 0 Å². The van der Waals surface area contributed by atoms with Crippen molar-refractivity contribution in [2.75, 3.05) is 6.61 Å². The second kappa shape index (κ2) is 13.1. The molecule has 8 nitrogen and oxygen atoms in total. The number of benzene rings is 1. The number of Topliss-reactive ketones (excluding diaryl/α,β-unsaturated/α-hetero) is 2. The Kier molecular flexibility index (Phi) is 11.0. The van der Waals surface area contributed by atoms with Gasteiger partial charge in [-0.05, 0) is 39.2 Å². The minimum absolute atomic E-state index is 0.0546. The van der Waals surface area contributed by atoms with Gasteiger partial charge in [0.1, 0.15) is 23.4 Å². The summed E-state index contributed by atoms with van der Waals surface area (Å²) >= 11 is 0. The molecule has 212 valence electrons. The molecule has 0 amide bonds. The minimum atomic E-state index is -1.93. The van der Waals surface area contributed by atoms with Crippen LogP contribution in [0.3, 0.4) is 0 Å². The zero-order valence-electron chi connectivity index (χ0n) is 23.6. The van der Waals surface area contributed by atoms with Crippen LogP contribution in [0.15, 0.2) is 36.4 Å². The summed E-state index contributed by atoms with van der Waals surface area (Å²) in [4.78, 5) is 39.5. The van der Waals surface area contributed by atoms with E-state index >= 15 is 0 Å². The van der Waals surface area contributed by atoms with Gasteiger partial charge in [0.15, 0.2) is 5.78 Å². The average Bonchev–Trinajstić information content (AvgIpc) is 2.90. The molecule has 1 fully saturated rings. The highest BCUT2D eigenvalue weighted by Crippen LogP contribution is 2.35. The van der Waals surface area contributed by atoms with Gasteiger partial charge in [0.05, 0.1) is 24.4 Å². The molecular weight excluding hydrogens is 488 g/mol. The van der Waals surface area contributed by atoms with Crippen LogP contribution in [0.2, 0.25) is 0 Å². The first-order valence-corrected chi connectivity index (χ1v) is 13.4. The smallest absolute Gasteiger partial charge is 0.316 e. The van der Waals surface area contributed by atoms with Gasteiger partial charge < -0.3 is 24.8 Å². The van der Waals surface area contributed by atoms with Crippen LogP contribution in [0.1, 0.15) is 66.9 Å². The Morgan fingerprint density at radius 3 is 2.13 bits per heavy atom. The van der Waals surface area contributed by atoms with Crippen LogP contribution in [0.5, 0.6) is 0 Å². The van der Waals surface area contributed by atoms with Crippen LogP contribution in [0.4, 0.5) is 0 Å². The van der Waals surface area contributed by atoms with Crippen molar-refractivity contribution in [3.63, 3.8) is 0 Å². The van der Waals surface area contributed by atoms with E-state index in [4.69, 9.17) is 9.47 Å². The number of ether oxygens (including phenoxy) is 2. The van der Waals surface area contributed by atoms with Crippen molar-refractivity contribution in [1.82, 2.24) is 0 Å². The molecule has 9 atom stereocenters. The Balaban J connectivity index is 2.44. The van der Waals surface area contributed by atoms with Crippen molar-refractivity contribution in [1.29, 1.82) is 0 Å². The van der Waals surface area contributed by atoms with Gasteiger partial charge in [-0.2, -0.15) is 0 Å². The maximum Gasteiger partial charge on any atom is 0.316 e. The molecule has 1 saturated heterocycles. The van der Waals surface area contributed by atoms with Gasteiger partial charge in [0.2, 0.25) is 0 Å². The number of carbonyl (C=O) groups is 3. The SMILES string of the molecule is CC[C@H]1OC(=O)[C@H](C)C(=O)[C@H](C)[C@@H](O)[C@](C)(OC/C=C/c2ccccc2)C[C@@H](C)C(=O)[C@H](C)[C@@H](O)[C@]1(C)O. The van der Waals surface area contributed by atoms with Crippen LogP contribution >= 0.6 is 0 Å². The fourth-order valence-electron chi connectivity index (χ4n) is 5.31. The zero-order valence-corrected chi connectivity index (χ0v) is 23.6. The Hall–Kier alpha value is -2.39. The highest BCUT2D eigenvalue weighted by atomic mass is 16.6. The Bertz CT molecular complexity index is 987. The molecule has 1 aromatic carbocycles. The minimum Gasteiger partial charge on any atom is -0.459 e. The first-order chi connectivity index (χ1) is 17.7. The Labute approximate surface area is 226 Å². The monoisotopic (exact) mass is 532 g/mol. The molecule has 0 radical (unpaired) electrons. The lowest BCUT2D eigenvalue weighted by Crippen LogP contribution is -2.57. The predicted octanol–water partition coefficient (Wildman–Crippen LogP) is 3.36. The molecule has 0 saturated carbocycles. The lowest BCUT2D eigenvalue weighted by molar-refractivity contribution is -0.192. The van der Waals surface area contributed by atoms with Crippen molar-refractivity contribution < 1.29 is 39.2 Å². The number of hydrogen-bond acceptors (Lipinski definition) is 8. The summed E-state index contributed by atoms with van der Waals surface area (Å²) in [5.41, 5.74) is -2.30. The molecule has 0 aliphatic carbocycles. The van der Waals surface area contributed by atoms with E-state index in [1.54, 1.807) is 26.8 Å². The third-order valence-electron chi connectivity index (χ3n) is 7.95. The molecule has 38 heavy (non-hydrogen) atoms. The van der Waals surface area contributed by atoms with E-state index in [1.807, 2.05) is 36.4 Å². The number of aliphatic hydroxyl groups excluding tert-OH is 2. The number of rotatable bonds is 5. The van der Waals surface area contributed by atoms with Crippen molar-refractivity contribution in [2.24, 2.45) is 23.7 Å². The van der Waals surface area contributed by atoms with Crippen molar-refractivity contribution in [3.8, 4) is 0 Å². The van der Waals surface area contributed by atoms with Crippen LogP contribution in [-0.2, 0) is 23.9 Å². The lowest BCUT2D eigenvalue weighted by atomic mass is 9.74. The number of ketones is 2. The standard InChI is InChI=1S/C30H44O8/c1-8-23-30(7,36)27(34)19(3)24(31)18(2)17-29(6,37-16-12-15-22-13-10-9-11-14-22)26(33)20(4)25(32)21(5)28(35)38-23/h9-15,18-21,23,26-27,33-34,36H,8,16-17H2,1-7H3/b15-12+/t18-,19+,20+,21-,23-,26-,27-,29-,30-/m1/s1. The van der Waals surface area contributed by atoms with Crippen molar-refractivity contribution in [2.45, 2.75) is 90.8 Å². The third kappa shape index (κ3) is 7.17. The highest BCUT2D eigenvalue weighted by molar-refractivity contribution is 6.00. The molecule has 1 aliphatic heterocycles. The summed E-state index contributed by atoms with van der Waals surface area (Å²) in [6.07, 6.45) is -0.143. The predicted molar refractivity (Wildman–Crippen MR) is 144 cm³/mol. The van der Waals surface area contributed by atoms with Crippen molar-refractivity contribution in [3.05, 3.63) is 42.0 Å². The maximum absolute atomic E-state index is 13.4. The number of esters is 1. The van der Waals surface area contributed by atoms with Crippen LogP contribution < -0.4 is 0 Å². The van der Waals surface area contributed by atoms with E-state index in [9.17, 15) is 29.7 Å². The van der Waals surface area contributed by atoms with E-state index in [-0.39, 0.29) is 25.2 Å². The molecule has 1 heterocycles. The van der Waals surface area contributed by atoms with E-state index < -0.39 is 64.9 Å². The fraction of sp³-hybridized carbons (Fsp3) is 0.633. The summed E-state index contributed by atoms with van der Waals surface area (Å²) in [6.45, 7) is 10.9. The Morgan fingerprint density at radius 1 is 0.974 bits per heavy atom. The molecule has 2 rings (SSSR count). The van der Waals surface area contributed by atoms with E-state index in [1.165, 1.54) is 27.7 Å². The number of carbonyl (C=O) groups excluding carboxylic acids is 3. The second-order valence-electron chi connectivity index (χ2n) is 11.1. The van der Waals surface area contributed by atoms with Crippen LogP contribution in [0, 0.1) is 23.7 Å². The highest BCUT2D eigenvalue weighted by Gasteiger charge is 2.49. The topological polar surface area (TPSA) is 130 Å². The lowest BCUT2D eigenvalue weighted by Gasteiger charge is -2.42. The van der Waals surface area contributed by atoms with Gasteiger partial charge in [-0.3, -0.25) is 14.4 Å². The first kappa shape index (κ1) is 31.8. The van der Waals surface area contributed by atoms with Gasteiger partial charge in [-0.1, -0.05) is 70.2 Å². The van der Waals surface area contributed by atoms with E-state index in [2.05, 4.69) is 0 Å². The van der Waals surface area contributed by atoms with Gasteiger partial charge in [-0.15, -0.1) is 0 Å². The van der Waals surface area contributed by atoms with Crippen LogP contribution in [0.25, 0.3) is 6.08 Å². The summed E-state index contributed by atoms with van der Waals surface area (Å²) in [7, 11) is 0. The molecule has 1 aromatic rings. The van der Waals surface area contributed by atoms with E-state index in [0.29, 0.717) is 0 Å². The normalized spacial score (nSPS) is 38.2. The molecule has 3 N–H and O–H groups in total. The first-order valence-electron chi connectivity index (χ1n) is 13.4. The molecule has 0 unspecified atom stereocenters. The van der Waals surface area contributed by atoms with Gasteiger partial charge in [0, 0.05) is 17.8 Å². The fourth-order valence-corrected chi connectivity index (χ4v) is 5.31. The van der Waals surface area contributed by atoms with Gasteiger partial charge in [-0.25, -0.2) is 0 Å². The largest absolute Gasteiger partial charge is 0.459 e. The summed E-state index contributed by atoms with van der Waals surface area (Å²) < 4.78 is 11.6. The molecular formula is C30H44O8. The molecule has 0 aromatic heterocycles. The average molecular weight is 533 g/mol. The third-order valence-corrected chi connectivity index (χ3v) is 7.95. The molecule has 1 aliphatic rings. The van der Waals surface area contributed by atoms with Gasteiger partial charge >= 0.3 is 5.97 Å². The second-order valence-corrected chi connectivity index (χ2v) is 11.1. The number of aliphatic hydroxyl groups is 3. The summed E-state index contributed by atoms with van der Waals surface area (Å²) in [6, 6.07) is 9.59. The molecule has 0 spiro atoms. The number of cyclic esters (lactones) is 1.